The summed E-state index contributed by atoms with van der Waals surface area (Å²) in [6.45, 7) is 0. The second-order valence-corrected chi connectivity index (χ2v) is 4.39. The quantitative estimate of drug-likeness (QED) is 0.743. The second kappa shape index (κ2) is 6.08. The highest BCUT2D eigenvalue weighted by Crippen LogP contribution is 2.05. The van der Waals surface area contributed by atoms with Gasteiger partial charge in [0.05, 0.1) is 0 Å². The Balaban J connectivity index is 1.78. The molecule has 2 heterocycles. The summed E-state index contributed by atoms with van der Waals surface area (Å²) in [5.74, 6) is -0.924. The van der Waals surface area contributed by atoms with Crippen LogP contribution in [0.1, 0.15) is 25.0 Å². The van der Waals surface area contributed by atoms with Crippen molar-refractivity contribution in [3.8, 4) is 0 Å². The van der Waals surface area contributed by atoms with Crippen LogP contribution in [0.4, 0.5) is 0 Å². The molecule has 1 unspecified atom stereocenters. The summed E-state index contributed by atoms with van der Waals surface area (Å²) < 4.78 is 0. The van der Waals surface area contributed by atoms with Gasteiger partial charge in [0.2, 0.25) is 17.7 Å². The molecule has 3 amide bonds. The third-order valence-corrected chi connectivity index (χ3v) is 2.91. The van der Waals surface area contributed by atoms with Crippen molar-refractivity contribution in [2.45, 2.75) is 31.7 Å². The van der Waals surface area contributed by atoms with E-state index in [1.807, 2.05) is 18.2 Å². The lowest BCUT2D eigenvalue weighted by atomic mass is 10.1. The van der Waals surface area contributed by atoms with E-state index in [2.05, 4.69) is 15.6 Å². The lowest BCUT2D eigenvalue weighted by molar-refractivity contribution is -0.137. The van der Waals surface area contributed by atoms with Gasteiger partial charge in [0.1, 0.15) is 6.04 Å². The van der Waals surface area contributed by atoms with Crippen molar-refractivity contribution in [2.24, 2.45) is 0 Å². The van der Waals surface area contributed by atoms with E-state index in [0.29, 0.717) is 12.8 Å². The zero-order valence-electron chi connectivity index (χ0n) is 10.4. The van der Waals surface area contributed by atoms with Gasteiger partial charge < -0.3 is 5.32 Å². The van der Waals surface area contributed by atoms with Crippen LogP contribution in [-0.4, -0.2) is 28.7 Å². The van der Waals surface area contributed by atoms with Crippen molar-refractivity contribution < 1.29 is 14.4 Å². The van der Waals surface area contributed by atoms with Crippen LogP contribution < -0.4 is 10.6 Å². The van der Waals surface area contributed by atoms with Gasteiger partial charge in [-0.3, -0.25) is 24.7 Å². The Labute approximate surface area is 110 Å². The molecule has 19 heavy (non-hydrogen) atoms. The summed E-state index contributed by atoms with van der Waals surface area (Å²) in [5, 5.41) is 4.83. The van der Waals surface area contributed by atoms with E-state index in [1.54, 1.807) is 6.20 Å². The van der Waals surface area contributed by atoms with Crippen LogP contribution in [0, 0.1) is 0 Å². The molecule has 0 radical (unpaired) electrons. The number of amides is 3. The lowest BCUT2D eigenvalue weighted by Crippen LogP contribution is -2.52. The normalized spacial score (nSPS) is 18.8. The third kappa shape index (κ3) is 3.87. The molecule has 1 aromatic rings. The van der Waals surface area contributed by atoms with Gasteiger partial charge in [-0.15, -0.1) is 0 Å². The first-order valence-corrected chi connectivity index (χ1v) is 6.18. The summed E-state index contributed by atoms with van der Waals surface area (Å²) in [6.07, 6.45) is 3.10. The molecule has 2 rings (SSSR count). The highest BCUT2D eigenvalue weighted by molar-refractivity contribution is 6.01. The van der Waals surface area contributed by atoms with Crippen LogP contribution in [-0.2, 0) is 20.8 Å². The van der Waals surface area contributed by atoms with Crippen LogP contribution in [0.25, 0.3) is 0 Å². The summed E-state index contributed by atoms with van der Waals surface area (Å²) >= 11 is 0. The minimum Gasteiger partial charge on any atom is -0.344 e. The highest BCUT2D eigenvalue weighted by atomic mass is 16.2. The van der Waals surface area contributed by atoms with E-state index in [-0.39, 0.29) is 24.7 Å². The molecule has 0 aromatic carbocycles. The largest absolute Gasteiger partial charge is 0.344 e. The molecule has 1 atom stereocenters. The first-order valence-electron chi connectivity index (χ1n) is 6.18. The molecule has 1 aliphatic rings. The van der Waals surface area contributed by atoms with Gasteiger partial charge in [-0.1, -0.05) is 6.07 Å². The molecule has 0 saturated carbocycles. The fourth-order valence-electron chi connectivity index (χ4n) is 1.89. The monoisotopic (exact) mass is 261 g/mol. The maximum Gasteiger partial charge on any atom is 0.249 e. The smallest absolute Gasteiger partial charge is 0.249 e. The van der Waals surface area contributed by atoms with Gasteiger partial charge in [0.25, 0.3) is 0 Å². The Morgan fingerprint density at radius 1 is 1.42 bits per heavy atom. The van der Waals surface area contributed by atoms with E-state index in [1.165, 1.54) is 0 Å². The molecule has 1 aliphatic heterocycles. The van der Waals surface area contributed by atoms with Gasteiger partial charge in [0, 0.05) is 24.7 Å². The first kappa shape index (κ1) is 13.2. The van der Waals surface area contributed by atoms with Gasteiger partial charge in [0.15, 0.2) is 0 Å². The Bertz CT molecular complexity index is 487. The molecule has 0 bridgehead atoms. The summed E-state index contributed by atoms with van der Waals surface area (Å²) in [6, 6.07) is 4.92. The molecule has 100 valence electrons. The van der Waals surface area contributed by atoms with Gasteiger partial charge >= 0.3 is 0 Å². The predicted octanol–water partition coefficient (Wildman–Crippen LogP) is -0.0644. The zero-order valence-corrected chi connectivity index (χ0v) is 10.4. The zero-order chi connectivity index (χ0) is 13.7. The highest BCUT2D eigenvalue weighted by Gasteiger charge is 2.27. The molecule has 1 saturated heterocycles. The number of rotatable bonds is 4. The average Bonchev–Trinajstić information content (AvgIpc) is 2.41. The number of nitrogens with zero attached hydrogens (tertiary/aromatic N) is 1. The van der Waals surface area contributed by atoms with Crippen LogP contribution >= 0.6 is 0 Å². The van der Waals surface area contributed by atoms with E-state index < -0.39 is 11.9 Å². The van der Waals surface area contributed by atoms with E-state index in [9.17, 15) is 14.4 Å². The van der Waals surface area contributed by atoms with Crippen molar-refractivity contribution in [1.29, 1.82) is 0 Å². The molecular formula is C13H15N3O3. The van der Waals surface area contributed by atoms with Crippen LogP contribution in [0.2, 0.25) is 0 Å². The molecule has 6 heteroatoms. The Morgan fingerprint density at radius 3 is 2.95 bits per heavy atom. The Morgan fingerprint density at radius 2 is 2.26 bits per heavy atom. The van der Waals surface area contributed by atoms with E-state index in [0.717, 1.165) is 5.69 Å². The fraction of sp³-hybridized carbons (Fsp3) is 0.385. The van der Waals surface area contributed by atoms with Crippen LogP contribution in [0.5, 0.6) is 0 Å². The van der Waals surface area contributed by atoms with Crippen molar-refractivity contribution in [2.75, 3.05) is 0 Å². The maximum atomic E-state index is 11.7. The van der Waals surface area contributed by atoms with Crippen molar-refractivity contribution >= 4 is 17.7 Å². The standard InChI is InChI=1S/C13H15N3O3/c17-11(6-4-9-3-1-2-8-14-9)15-10-5-7-12(18)16-13(10)19/h1-3,8,10H,4-7H2,(H,15,17)(H,16,18,19). The SMILES string of the molecule is O=C1CCC(NC(=O)CCc2ccccn2)C(=O)N1. The number of imide groups is 1. The summed E-state index contributed by atoms with van der Waals surface area (Å²) in [7, 11) is 0. The number of hydrogen-bond acceptors (Lipinski definition) is 4. The molecule has 0 aliphatic carbocycles. The molecule has 1 aromatic heterocycles. The molecule has 6 nitrogen and oxygen atoms in total. The van der Waals surface area contributed by atoms with Gasteiger partial charge in [-0.25, -0.2) is 0 Å². The second-order valence-electron chi connectivity index (χ2n) is 4.39. The van der Waals surface area contributed by atoms with Crippen LogP contribution in [0.3, 0.4) is 0 Å². The van der Waals surface area contributed by atoms with Crippen molar-refractivity contribution in [3.05, 3.63) is 30.1 Å². The number of carbonyl (C=O) groups is 3. The number of carbonyl (C=O) groups excluding carboxylic acids is 3. The van der Waals surface area contributed by atoms with Crippen LogP contribution in [0.15, 0.2) is 24.4 Å². The van der Waals surface area contributed by atoms with Gasteiger partial charge in [-0.05, 0) is 25.0 Å². The topological polar surface area (TPSA) is 88.2 Å². The first-order chi connectivity index (χ1) is 9.15. The fourth-order valence-corrected chi connectivity index (χ4v) is 1.89. The lowest BCUT2D eigenvalue weighted by Gasteiger charge is -2.21. The molecule has 0 spiro atoms. The molecular weight excluding hydrogens is 246 g/mol. The third-order valence-electron chi connectivity index (χ3n) is 2.91. The minimum atomic E-state index is -0.603. The molecule has 1 fully saturated rings. The van der Waals surface area contributed by atoms with Crippen molar-refractivity contribution in [3.63, 3.8) is 0 Å². The van der Waals surface area contributed by atoms with Gasteiger partial charge in [-0.2, -0.15) is 0 Å². The predicted molar refractivity (Wildman–Crippen MR) is 66.9 cm³/mol. The molecule has 2 N–H and O–H groups in total. The average molecular weight is 261 g/mol. The van der Waals surface area contributed by atoms with Crippen molar-refractivity contribution in [1.82, 2.24) is 15.6 Å². The van der Waals surface area contributed by atoms with E-state index in [4.69, 9.17) is 0 Å². The number of hydrogen-bond donors (Lipinski definition) is 2. The Kier molecular flexibility index (Phi) is 4.22. The Hall–Kier alpha value is -2.24. The summed E-state index contributed by atoms with van der Waals surface area (Å²) in [4.78, 5) is 38.2. The van der Waals surface area contributed by atoms with E-state index >= 15 is 0 Å². The number of aryl methyl sites for hydroxylation is 1. The number of nitrogens with one attached hydrogen (secondary N) is 2. The minimum absolute atomic E-state index is 0.208. The number of piperidine rings is 1. The number of aromatic nitrogens is 1. The summed E-state index contributed by atoms with van der Waals surface area (Å²) in [5.41, 5.74) is 0.834. The maximum absolute atomic E-state index is 11.7. The number of pyridine rings is 1.